The van der Waals surface area contributed by atoms with Gasteiger partial charge in [-0.05, 0) is 0 Å². The van der Waals surface area contributed by atoms with Gasteiger partial charge in [-0.3, -0.25) is 0 Å². The van der Waals surface area contributed by atoms with Gasteiger partial charge >= 0.3 is 50.9 Å². The van der Waals surface area contributed by atoms with Crippen LogP contribution >= 0.6 is 0 Å². The van der Waals surface area contributed by atoms with Crippen molar-refractivity contribution in [2.24, 2.45) is 0 Å². The second-order valence-electron chi connectivity index (χ2n) is 0.654. The smallest absolute Gasteiger partial charge is 2.00 e. The Bertz CT molecular complexity index is 52.6. The average molecular weight is 408 g/mol. The first-order valence-electron chi connectivity index (χ1n) is 1.35. The molecule has 0 spiro atoms. The predicted octanol–water partition coefficient (Wildman–Crippen LogP) is -5.58. The molecule has 0 aliphatic heterocycles. The van der Waals surface area contributed by atoms with Gasteiger partial charge in [-0.25, -0.2) is 0 Å². The molecular formula is H4GeO6PbSi. The molecule has 0 amide bonds. The Morgan fingerprint density at radius 1 is 1.33 bits per heavy atom. The van der Waals surface area contributed by atoms with Crippen molar-refractivity contribution in [3.8, 4) is 0 Å². The summed E-state index contributed by atoms with van der Waals surface area (Å²) in [7, 11) is -5.11. The summed E-state index contributed by atoms with van der Waals surface area (Å²) in [6.45, 7) is 0. The van der Waals surface area contributed by atoms with Crippen LogP contribution in [0.4, 0.5) is 0 Å². The first-order chi connectivity index (χ1) is 3.41. The maximum Gasteiger partial charge on any atom is 2.00 e. The third-order valence-electron chi connectivity index (χ3n) is 0. The fourth-order valence-electron chi connectivity index (χ4n) is 0. The number of hydrogen-bond acceptors (Lipinski definition) is 5. The Morgan fingerprint density at radius 3 is 1.33 bits per heavy atom. The monoisotopic (exact) mass is 410 g/mol. The van der Waals surface area contributed by atoms with Gasteiger partial charge in [-0.15, -0.1) is 0 Å². The van der Waals surface area contributed by atoms with E-state index >= 15 is 0 Å². The topological polar surface area (TPSA) is 124 Å². The van der Waals surface area contributed by atoms with Crippen molar-refractivity contribution in [1.29, 1.82) is 0 Å². The van der Waals surface area contributed by atoms with E-state index in [0.29, 0.717) is 0 Å². The largest absolute Gasteiger partial charge is 2.00 e. The van der Waals surface area contributed by atoms with Crippen LogP contribution in [0, 0.1) is 0 Å². The third kappa shape index (κ3) is 368. The number of hydrogen-bond donors (Lipinski definition) is 3. The maximum absolute atomic E-state index is 8.80. The third-order valence-corrected chi connectivity index (χ3v) is 0. The summed E-state index contributed by atoms with van der Waals surface area (Å²) in [5.74, 6) is 0. The van der Waals surface area contributed by atoms with Crippen LogP contribution in [-0.2, 0) is 3.78 Å². The second-order valence-corrected chi connectivity index (χ2v) is 2.19. The minimum absolute atomic E-state index is 0. The van der Waals surface area contributed by atoms with Crippen LogP contribution < -0.4 is 9.59 Å². The molecule has 3 N–H and O–H groups in total. The Morgan fingerprint density at radius 2 is 1.33 bits per heavy atom. The van der Waals surface area contributed by atoms with E-state index in [4.69, 9.17) is 27.1 Å². The summed E-state index contributed by atoms with van der Waals surface area (Å²) in [4.78, 5) is 31.8. The van der Waals surface area contributed by atoms with E-state index in [9.17, 15) is 0 Å². The summed E-state index contributed by atoms with van der Waals surface area (Å²) in [5.41, 5.74) is 0. The van der Waals surface area contributed by atoms with E-state index in [1.165, 1.54) is 0 Å². The molecule has 6 nitrogen and oxygen atoms in total. The molecule has 0 rings (SSSR count). The quantitative estimate of drug-likeness (QED) is 0.344. The van der Waals surface area contributed by atoms with E-state index in [1.54, 1.807) is 0 Å². The van der Waals surface area contributed by atoms with Gasteiger partial charge in [-0.1, -0.05) is 0 Å². The standard InChI is InChI=1S/GeH2O2.H2O4Si.Pb/c2-1-3;1-5(2,3)4;/h1-2H;1-2H;/q;-2;+2. The molecule has 2 radical (unpaired) electrons. The zero-order chi connectivity index (χ0) is 7.21. The van der Waals surface area contributed by atoms with Crippen LogP contribution in [0.5, 0.6) is 0 Å². The molecule has 9 heteroatoms. The van der Waals surface area contributed by atoms with Gasteiger partial charge in [0.2, 0.25) is 0 Å². The summed E-state index contributed by atoms with van der Waals surface area (Å²) in [5, 5.41) is 0. The van der Waals surface area contributed by atoms with E-state index in [-0.39, 0.29) is 27.3 Å². The maximum atomic E-state index is 8.80. The fourth-order valence-corrected chi connectivity index (χ4v) is 0. The Kier molecular flexibility index (Phi) is 16.8. The van der Waals surface area contributed by atoms with Gasteiger partial charge in [0.1, 0.15) is 9.05 Å². The number of rotatable bonds is 0. The van der Waals surface area contributed by atoms with Crippen molar-refractivity contribution < 1.29 is 27.1 Å². The Balaban J connectivity index is -0.0000000800. The van der Waals surface area contributed by atoms with E-state index in [2.05, 4.69) is 0 Å². The molecule has 0 aromatic carbocycles. The minimum Gasteiger partial charge on any atom is 2.00 e. The zero-order valence-electron chi connectivity index (χ0n) is 4.14. The molecule has 9 heavy (non-hydrogen) atoms. The van der Waals surface area contributed by atoms with Crippen LogP contribution in [0.2, 0.25) is 0 Å². The van der Waals surface area contributed by atoms with Crippen molar-refractivity contribution in [3.05, 3.63) is 0 Å². The van der Waals surface area contributed by atoms with Gasteiger partial charge in [0.15, 0.2) is 0 Å². The van der Waals surface area contributed by atoms with Crippen molar-refractivity contribution in [2.45, 2.75) is 0 Å². The summed E-state index contributed by atoms with van der Waals surface area (Å²) >= 11 is -1.94. The summed E-state index contributed by atoms with van der Waals surface area (Å²) in [6, 6.07) is 0. The normalized spacial score (nSPS) is 8.00. The summed E-state index contributed by atoms with van der Waals surface area (Å²) < 4.78 is 15.8. The van der Waals surface area contributed by atoms with Crippen LogP contribution in [0.3, 0.4) is 0 Å². The molecule has 0 saturated heterocycles. The van der Waals surface area contributed by atoms with Crippen LogP contribution in [0.15, 0.2) is 0 Å². The predicted molar refractivity (Wildman–Crippen MR) is 26.0 cm³/mol. The van der Waals surface area contributed by atoms with E-state index < -0.39 is 24.8 Å². The molecule has 0 fully saturated rings. The Hall–Kier alpha value is 1.12. The van der Waals surface area contributed by atoms with E-state index in [1.807, 2.05) is 0 Å². The van der Waals surface area contributed by atoms with Crippen LogP contribution in [0.1, 0.15) is 0 Å². The van der Waals surface area contributed by atoms with Crippen molar-refractivity contribution in [1.82, 2.24) is 0 Å². The van der Waals surface area contributed by atoms with Gasteiger partial charge in [-0.2, -0.15) is 0 Å². The summed E-state index contributed by atoms with van der Waals surface area (Å²) in [6.07, 6.45) is 0. The van der Waals surface area contributed by atoms with Gasteiger partial charge < -0.3 is 19.2 Å². The van der Waals surface area contributed by atoms with Gasteiger partial charge in [0, 0.05) is 0 Å². The molecule has 0 aliphatic carbocycles. The second kappa shape index (κ2) is 9.12. The average Bonchev–Trinajstić information content (AvgIpc) is 1.27. The molecule has 52 valence electrons. The fraction of sp³-hybridized carbons (Fsp3) is 0. The molecule has 0 saturated carbocycles. The SMILES string of the molecule is [O-][Si]([O-])(O)O.[O]=[GeH][OH].[Pb+2]. The molecule has 0 aromatic rings. The zero-order valence-corrected chi connectivity index (χ0v) is 11.5. The molecule has 0 aromatic heterocycles. The molecular weight excluding hydrogens is 404 g/mol. The van der Waals surface area contributed by atoms with Gasteiger partial charge in [0.25, 0.3) is 0 Å². The minimum atomic E-state index is -5.11. The molecule has 0 unspecified atom stereocenters. The molecule has 0 aliphatic rings. The van der Waals surface area contributed by atoms with Crippen LogP contribution in [-0.4, -0.2) is 65.8 Å². The van der Waals surface area contributed by atoms with E-state index in [0.717, 1.165) is 0 Å². The molecule has 0 atom stereocenters. The first kappa shape index (κ1) is 16.6. The van der Waals surface area contributed by atoms with Crippen molar-refractivity contribution in [2.75, 3.05) is 0 Å². The first-order valence-corrected chi connectivity index (χ1v) is 5.13. The Labute approximate surface area is 78.8 Å². The van der Waals surface area contributed by atoms with Crippen molar-refractivity contribution in [3.63, 3.8) is 0 Å². The van der Waals surface area contributed by atoms with Crippen molar-refractivity contribution >= 4 is 52.1 Å². The molecule has 0 heterocycles. The van der Waals surface area contributed by atoms with Crippen LogP contribution in [0.25, 0.3) is 0 Å². The molecule has 0 bridgehead atoms. The van der Waals surface area contributed by atoms with Gasteiger partial charge in [0.05, 0.1) is 0 Å².